The lowest BCUT2D eigenvalue weighted by Crippen LogP contribution is -2.47. The van der Waals surface area contributed by atoms with E-state index in [1.807, 2.05) is 25.3 Å². The van der Waals surface area contributed by atoms with Crippen LogP contribution in [0, 0.1) is 6.92 Å². The normalized spacial score (nSPS) is 17.8. The number of hydrogen-bond acceptors (Lipinski definition) is 9. The van der Waals surface area contributed by atoms with Gasteiger partial charge in [0.25, 0.3) is 0 Å². The van der Waals surface area contributed by atoms with E-state index >= 15 is 0 Å². The first-order chi connectivity index (χ1) is 14.3. The Bertz CT molecular complexity index is 999. The van der Waals surface area contributed by atoms with Gasteiger partial charge in [-0.05, 0) is 19.1 Å². The topological polar surface area (TPSA) is 83.4 Å². The molecule has 5 heterocycles. The molecule has 0 aromatic carbocycles. The third-order valence-electron chi connectivity index (χ3n) is 5.42. The molecule has 0 N–H and O–H groups in total. The van der Waals surface area contributed by atoms with E-state index < -0.39 is 0 Å². The summed E-state index contributed by atoms with van der Waals surface area (Å²) >= 11 is 0. The van der Waals surface area contributed by atoms with Gasteiger partial charge in [0.15, 0.2) is 0 Å². The van der Waals surface area contributed by atoms with Gasteiger partial charge in [0, 0.05) is 57.0 Å². The highest BCUT2D eigenvalue weighted by Crippen LogP contribution is 2.25. The Balaban J connectivity index is 1.32. The van der Waals surface area contributed by atoms with E-state index in [1.165, 1.54) is 0 Å². The van der Waals surface area contributed by atoms with Gasteiger partial charge in [0.05, 0.1) is 24.9 Å². The van der Waals surface area contributed by atoms with E-state index in [-0.39, 0.29) is 0 Å². The SMILES string of the molecule is Cc1nc(N2CCN(c3ccnc(N4CCOCC4)n3)CC2)c2ccncc2n1. The van der Waals surface area contributed by atoms with E-state index in [9.17, 15) is 0 Å². The lowest BCUT2D eigenvalue weighted by atomic mass is 10.2. The lowest BCUT2D eigenvalue weighted by molar-refractivity contribution is 0.122. The lowest BCUT2D eigenvalue weighted by Gasteiger charge is -2.36. The van der Waals surface area contributed by atoms with Crippen LogP contribution in [-0.2, 0) is 4.74 Å². The molecule has 2 aliphatic heterocycles. The number of ether oxygens (including phenoxy) is 1. The summed E-state index contributed by atoms with van der Waals surface area (Å²) in [6.07, 6.45) is 5.46. The number of pyridine rings is 1. The molecular formula is C20H24N8O. The summed E-state index contributed by atoms with van der Waals surface area (Å²) in [4.78, 5) is 29.5. The highest BCUT2D eigenvalue weighted by Gasteiger charge is 2.22. The second-order valence-corrected chi connectivity index (χ2v) is 7.28. The average Bonchev–Trinajstić information content (AvgIpc) is 2.79. The van der Waals surface area contributed by atoms with Crippen LogP contribution in [0.25, 0.3) is 10.9 Å². The largest absolute Gasteiger partial charge is 0.378 e. The molecule has 29 heavy (non-hydrogen) atoms. The number of nitrogens with zero attached hydrogens (tertiary/aromatic N) is 8. The van der Waals surface area contributed by atoms with E-state index in [4.69, 9.17) is 14.7 Å². The van der Waals surface area contributed by atoms with Crippen molar-refractivity contribution < 1.29 is 4.74 Å². The molecular weight excluding hydrogens is 368 g/mol. The molecule has 0 unspecified atom stereocenters. The van der Waals surface area contributed by atoms with Crippen molar-refractivity contribution in [3.8, 4) is 0 Å². The molecule has 9 nitrogen and oxygen atoms in total. The number of aryl methyl sites for hydroxylation is 1. The van der Waals surface area contributed by atoms with Crippen molar-refractivity contribution in [2.75, 3.05) is 67.2 Å². The molecule has 0 radical (unpaired) electrons. The van der Waals surface area contributed by atoms with E-state index in [0.29, 0.717) is 0 Å². The van der Waals surface area contributed by atoms with Gasteiger partial charge in [-0.15, -0.1) is 0 Å². The Kier molecular flexibility index (Phi) is 4.81. The summed E-state index contributed by atoms with van der Waals surface area (Å²) in [5.74, 6) is 3.53. The van der Waals surface area contributed by atoms with E-state index in [2.05, 4.69) is 29.7 Å². The summed E-state index contributed by atoms with van der Waals surface area (Å²) in [6, 6.07) is 3.99. The molecule has 9 heteroatoms. The van der Waals surface area contributed by atoms with Gasteiger partial charge in [-0.2, -0.15) is 4.98 Å². The average molecular weight is 392 g/mol. The van der Waals surface area contributed by atoms with Gasteiger partial charge in [-0.1, -0.05) is 0 Å². The quantitative estimate of drug-likeness (QED) is 0.654. The second kappa shape index (κ2) is 7.75. The Labute approximate surface area is 169 Å². The fraction of sp³-hybridized carbons (Fsp3) is 0.450. The van der Waals surface area contributed by atoms with Crippen LogP contribution in [-0.4, -0.2) is 77.4 Å². The van der Waals surface area contributed by atoms with Gasteiger partial charge in [0.2, 0.25) is 5.95 Å². The molecule has 2 saturated heterocycles. The molecule has 2 fully saturated rings. The molecule has 2 aliphatic rings. The van der Waals surface area contributed by atoms with Crippen LogP contribution < -0.4 is 14.7 Å². The predicted octanol–water partition coefficient (Wildman–Crippen LogP) is 1.29. The second-order valence-electron chi connectivity index (χ2n) is 7.28. The van der Waals surface area contributed by atoms with Crippen LogP contribution in [0.3, 0.4) is 0 Å². The maximum absolute atomic E-state index is 5.43. The molecule has 3 aromatic heterocycles. The molecule has 0 bridgehead atoms. The highest BCUT2D eigenvalue weighted by molar-refractivity contribution is 5.88. The Morgan fingerprint density at radius 3 is 2.45 bits per heavy atom. The maximum Gasteiger partial charge on any atom is 0.227 e. The van der Waals surface area contributed by atoms with Gasteiger partial charge in [-0.25, -0.2) is 15.0 Å². The van der Waals surface area contributed by atoms with Crippen molar-refractivity contribution in [3.63, 3.8) is 0 Å². The molecule has 3 aromatic rings. The zero-order valence-corrected chi connectivity index (χ0v) is 16.5. The molecule has 150 valence electrons. The van der Waals surface area contributed by atoms with Crippen molar-refractivity contribution in [3.05, 3.63) is 36.5 Å². The third-order valence-corrected chi connectivity index (χ3v) is 5.42. The van der Waals surface area contributed by atoms with E-state index in [0.717, 1.165) is 86.8 Å². The standard InChI is InChI=1S/C20H24N8O/c1-15-23-17-14-21-4-2-16(17)19(24-15)27-8-6-26(7-9-27)18-3-5-22-20(25-18)28-10-12-29-13-11-28/h2-5,14H,6-13H2,1H3. The van der Waals surface area contributed by atoms with E-state index in [1.54, 1.807) is 12.4 Å². The fourth-order valence-electron chi connectivity index (χ4n) is 3.90. The van der Waals surface area contributed by atoms with Crippen molar-refractivity contribution >= 4 is 28.5 Å². The fourth-order valence-corrected chi connectivity index (χ4v) is 3.90. The minimum absolute atomic E-state index is 0.730. The summed E-state index contributed by atoms with van der Waals surface area (Å²) in [5.41, 5.74) is 0.892. The number of hydrogen-bond donors (Lipinski definition) is 0. The number of rotatable bonds is 3. The van der Waals surface area contributed by atoms with Crippen molar-refractivity contribution in [2.45, 2.75) is 6.92 Å². The first-order valence-corrected chi connectivity index (χ1v) is 10.0. The van der Waals surface area contributed by atoms with Gasteiger partial charge in [-0.3, -0.25) is 4.98 Å². The summed E-state index contributed by atoms with van der Waals surface area (Å²) in [6.45, 7) is 8.60. The number of piperazine rings is 1. The zero-order chi connectivity index (χ0) is 19.6. The number of morpholine rings is 1. The van der Waals surface area contributed by atoms with Crippen LogP contribution in [0.2, 0.25) is 0 Å². The highest BCUT2D eigenvalue weighted by atomic mass is 16.5. The first kappa shape index (κ1) is 18.0. The number of aromatic nitrogens is 5. The minimum Gasteiger partial charge on any atom is -0.378 e. The molecule has 0 atom stereocenters. The van der Waals surface area contributed by atoms with Crippen molar-refractivity contribution in [2.24, 2.45) is 0 Å². The number of anilines is 3. The van der Waals surface area contributed by atoms with Crippen molar-refractivity contribution in [1.29, 1.82) is 0 Å². The van der Waals surface area contributed by atoms with Crippen LogP contribution in [0.4, 0.5) is 17.6 Å². The molecule has 0 saturated carbocycles. The third kappa shape index (κ3) is 3.65. The monoisotopic (exact) mass is 392 g/mol. The Morgan fingerprint density at radius 1 is 0.828 bits per heavy atom. The zero-order valence-electron chi connectivity index (χ0n) is 16.5. The Hall–Kier alpha value is -3.07. The summed E-state index contributed by atoms with van der Waals surface area (Å²) in [5, 5.41) is 1.05. The predicted molar refractivity (Wildman–Crippen MR) is 112 cm³/mol. The van der Waals surface area contributed by atoms with Crippen molar-refractivity contribution in [1.82, 2.24) is 24.9 Å². The Morgan fingerprint density at radius 2 is 1.62 bits per heavy atom. The first-order valence-electron chi connectivity index (χ1n) is 10.0. The maximum atomic E-state index is 5.43. The van der Waals surface area contributed by atoms with Crippen LogP contribution in [0.5, 0.6) is 0 Å². The van der Waals surface area contributed by atoms with Gasteiger partial charge < -0.3 is 19.4 Å². The molecule has 0 amide bonds. The summed E-state index contributed by atoms with van der Waals surface area (Å²) < 4.78 is 5.43. The van der Waals surface area contributed by atoms with Crippen LogP contribution >= 0.6 is 0 Å². The van der Waals surface area contributed by atoms with Gasteiger partial charge in [0.1, 0.15) is 17.5 Å². The van der Waals surface area contributed by atoms with Crippen LogP contribution in [0.1, 0.15) is 5.82 Å². The summed E-state index contributed by atoms with van der Waals surface area (Å²) in [7, 11) is 0. The molecule has 0 spiro atoms. The minimum atomic E-state index is 0.730. The van der Waals surface area contributed by atoms with Gasteiger partial charge >= 0.3 is 0 Å². The number of fused-ring (bicyclic) bond motifs is 1. The smallest absolute Gasteiger partial charge is 0.227 e. The molecule has 0 aliphatic carbocycles. The van der Waals surface area contributed by atoms with Crippen LogP contribution in [0.15, 0.2) is 30.7 Å². The molecule has 5 rings (SSSR count).